The van der Waals surface area contributed by atoms with E-state index in [9.17, 15) is 13.2 Å². The third kappa shape index (κ3) is 3.82. The lowest BCUT2D eigenvalue weighted by molar-refractivity contribution is -0.137. The molecule has 8 heteroatoms. The Bertz CT molecular complexity index is 715. The van der Waals surface area contributed by atoms with Crippen molar-refractivity contribution in [3.63, 3.8) is 0 Å². The molecule has 1 atom stereocenters. The van der Waals surface area contributed by atoms with Crippen LogP contribution in [-0.2, 0) is 11.0 Å². The van der Waals surface area contributed by atoms with Crippen LogP contribution in [0.1, 0.15) is 23.7 Å². The summed E-state index contributed by atoms with van der Waals surface area (Å²) in [6, 6.07) is 8.25. The molecule has 23 heavy (non-hydrogen) atoms. The molecule has 0 fully saturated rings. The molecule has 120 valence electrons. The molecule has 0 saturated carbocycles. The number of alkyl halides is 3. The molecule has 1 aliphatic heterocycles. The minimum Gasteiger partial charge on any atom is -0.438 e. The van der Waals surface area contributed by atoms with Gasteiger partial charge >= 0.3 is 6.18 Å². The molecule has 1 aromatic heterocycles. The molecule has 0 radical (unpaired) electrons. The van der Waals surface area contributed by atoms with Gasteiger partial charge in [0.1, 0.15) is 10.4 Å². The van der Waals surface area contributed by atoms with Crippen LogP contribution < -0.4 is 4.74 Å². The summed E-state index contributed by atoms with van der Waals surface area (Å²) in [7, 11) is 0. The molecule has 0 saturated heterocycles. The van der Waals surface area contributed by atoms with E-state index in [-0.39, 0.29) is 0 Å². The number of halogens is 4. The number of hydrogen-bond acceptors (Lipinski definition) is 4. The summed E-state index contributed by atoms with van der Waals surface area (Å²) in [5, 5.41) is 3.82. The third-order valence-corrected chi connectivity index (χ3v) is 3.66. The van der Waals surface area contributed by atoms with Crippen molar-refractivity contribution in [3.05, 3.63) is 58.3 Å². The second-order valence-electron chi connectivity index (χ2n) is 4.82. The number of nitrogens with zero attached hydrogens (tertiary/aromatic N) is 2. The molecular weight excluding hydrogens is 377 g/mol. The molecule has 0 spiro atoms. The van der Waals surface area contributed by atoms with Gasteiger partial charge in [-0.25, -0.2) is 4.98 Å². The van der Waals surface area contributed by atoms with E-state index in [0.717, 1.165) is 12.1 Å². The SMILES string of the molecule is FC(F)(F)c1ccc([C@H]2CC(Oc3ccc(Br)nc3)=NO2)cc1. The molecule has 0 amide bonds. The second-order valence-corrected chi connectivity index (χ2v) is 5.63. The van der Waals surface area contributed by atoms with Crippen LogP contribution in [0.25, 0.3) is 0 Å². The molecule has 0 bridgehead atoms. The Morgan fingerprint density at radius 3 is 2.48 bits per heavy atom. The topological polar surface area (TPSA) is 43.7 Å². The summed E-state index contributed by atoms with van der Waals surface area (Å²) < 4.78 is 43.8. The molecule has 0 aliphatic carbocycles. The van der Waals surface area contributed by atoms with Crippen molar-refractivity contribution in [3.8, 4) is 5.75 Å². The molecule has 3 rings (SSSR count). The second kappa shape index (κ2) is 6.19. The summed E-state index contributed by atoms with van der Waals surface area (Å²) in [5.74, 6) is 0.850. The molecule has 4 nitrogen and oxygen atoms in total. The maximum absolute atomic E-state index is 12.5. The highest BCUT2D eigenvalue weighted by atomic mass is 79.9. The van der Waals surface area contributed by atoms with Gasteiger partial charge in [0.2, 0.25) is 5.90 Å². The third-order valence-electron chi connectivity index (χ3n) is 3.19. The van der Waals surface area contributed by atoms with Crippen LogP contribution in [0.2, 0.25) is 0 Å². The molecule has 0 unspecified atom stereocenters. The Morgan fingerprint density at radius 2 is 1.87 bits per heavy atom. The molecule has 0 N–H and O–H groups in total. The first-order valence-electron chi connectivity index (χ1n) is 6.61. The molecule has 2 heterocycles. The van der Waals surface area contributed by atoms with Crippen LogP contribution in [0.15, 0.2) is 52.4 Å². The molecule has 1 aromatic carbocycles. The van der Waals surface area contributed by atoms with Gasteiger partial charge < -0.3 is 9.57 Å². The van der Waals surface area contributed by atoms with E-state index >= 15 is 0 Å². The summed E-state index contributed by atoms with van der Waals surface area (Å²) in [4.78, 5) is 9.25. The van der Waals surface area contributed by atoms with Gasteiger partial charge in [0, 0.05) is 0 Å². The van der Waals surface area contributed by atoms with Crippen LogP contribution in [0.4, 0.5) is 13.2 Å². The van der Waals surface area contributed by atoms with Crippen molar-refractivity contribution < 1.29 is 22.7 Å². The van der Waals surface area contributed by atoms with E-state index in [1.165, 1.54) is 18.3 Å². The Balaban J connectivity index is 1.63. The number of rotatable bonds is 2. The van der Waals surface area contributed by atoms with E-state index in [1.807, 2.05) is 0 Å². The van der Waals surface area contributed by atoms with E-state index in [0.29, 0.717) is 28.2 Å². The smallest absolute Gasteiger partial charge is 0.416 e. The fourth-order valence-corrected chi connectivity index (χ4v) is 2.27. The number of oxime groups is 1. The summed E-state index contributed by atoms with van der Waals surface area (Å²) in [5.41, 5.74) is -0.0909. The lowest BCUT2D eigenvalue weighted by atomic mass is 10.0. The number of ether oxygens (including phenoxy) is 1. The molecule has 2 aromatic rings. The molecular formula is C15H10BrF3N2O2. The highest BCUT2D eigenvalue weighted by Gasteiger charge is 2.31. The van der Waals surface area contributed by atoms with Crippen molar-refractivity contribution in [2.75, 3.05) is 0 Å². The van der Waals surface area contributed by atoms with Crippen LogP contribution in [0.5, 0.6) is 5.75 Å². The maximum atomic E-state index is 12.5. The Morgan fingerprint density at radius 1 is 1.13 bits per heavy atom. The van der Waals surface area contributed by atoms with Gasteiger partial charge in [-0.1, -0.05) is 17.3 Å². The summed E-state index contributed by atoms with van der Waals surface area (Å²) in [6.45, 7) is 0. The number of benzene rings is 1. The lowest BCUT2D eigenvalue weighted by Crippen LogP contribution is -2.08. The van der Waals surface area contributed by atoms with Gasteiger partial charge in [0.05, 0.1) is 18.2 Å². The predicted octanol–water partition coefficient (Wildman–Crippen LogP) is 4.72. The van der Waals surface area contributed by atoms with Gasteiger partial charge in [0.25, 0.3) is 0 Å². The normalized spacial score (nSPS) is 17.6. The van der Waals surface area contributed by atoms with Gasteiger partial charge in [-0.2, -0.15) is 13.2 Å². The lowest BCUT2D eigenvalue weighted by Gasteiger charge is -2.10. The number of aromatic nitrogens is 1. The largest absolute Gasteiger partial charge is 0.438 e. The number of hydrogen-bond donors (Lipinski definition) is 0. The quantitative estimate of drug-likeness (QED) is 0.701. The minimum absolute atomic E-state index is 0.335. The van der Waals surface area contributed by atoms with Crippen molar-refractivity contribution in [2.45, 2.75) is 18.7 Å². The number of pyridine rings is 1. The Hall–Kier alpha value is -2.09. The zero-order valence-electron chi connectivity index (χ0n) is 11.5. The predicted molar refractivity (Wildman–Crippen MR) is 79.9 cm³/mol. The van der Waals surface area contributed by atoms with Crippen LogP contribution in [-0.4, -0.2) is 10.9 Å². The van der Waals surface area contributed by atoms with Crippen molar-refractivity contribution in [1.29, 1.82) is 0 Å². The highest BCUT2D eigenvalue weighted by molar-refractivity contribution is 9.10. The fraction of sp³-hybridized carbons (Fsp3) is 0.200. The van der Waals surface area contributed by atoms with E-state index in [1.54, 1.807) is 12.1 Å². The van der Waals surface area contributed by atoms with E-state index in [2.05, 4.69) is 26.1 Å². The zero-order valence-corrected chi connectivity index (χ0v) is 13.1. The van der Waals surface area contributed by atoms with Crippen molar-refractivity contribution in [2.24, 2.45) is 5.16 Å². The van der Waals surface area contributed by atoms with Gasteiger partial charge in [-0.05, 0) is 45.8 Å². The Kier molecular flexibility index (Phi) is 4.25. The zero-order chi connectivity index (χ0) is 16.4. The highest BCUT2D eigenvalue weighted by Crippen LogP contribution is 2.32. The van der Waals surface area contributed by atoms with Crippen LogP contribution in [0, 0.1) is 0 Å². The standard InChI is InChI=1S/C15H10BrF3N2O2/c16-13-6-5-11(8-20-13)22-14-7-12(23-21-14)9-1-3-10(4-2-9)15(17,18)19/h1-6,8,12H,7H2/t12-/m1/s1. The minimum atomic E-state index is -4.35. The van der Waals surface area contributed by atoms with Crippen molar-refractivity contribution >= 4 is 21.8 Å². The summed E-state index contributed by atoms with van der Waals surface area (Å²) >= 11 is 3.22. The average molecular weight is 387 g/mol. The van der Waals surface area contributed by atoms with E-state index in [4.69, 9.17) is 9.57 Å². The first-order chi connectivity index (χ1) is 10.9. The fourth-order valence-electron chi connectivity index (χ4n) is 2.04. The van der Waals surface area contributed by atoms with Crippen LogP contribution >= 0.6 is 15.9 Å². The average Bonchev–Trinajstić information content (AvgIpc) is 2.97. The molecule has 1 aliphatic rings. The maximum Gasteiger partial charge on any atom is 0.416 e. The van der Waals surface area contributed by atoms with Crippen LogP contribution in [0.3, 0.4) is 0 Å². The van der Waals surface area contributed by atoms with E-state index < -0.39 is 17.8 Å². The Labute approximate surface area is 138 Å². The van der Waals surface area contributed by atoms with Gasteiger partial charge in [-0.15, -0.1) is 0 Å². The first kappa shape index (κ1) is 15.8. The van der Waals surface area contributed by atoms with Crippen molar-refractivity contribution in [1.82, 2.24) is 4.98 Å². The first-order valence-corrected chi connectivity index (χ1v) is 7.40. The van der Waals surface area contributed by atoms with Gasteiger partial charge in [0.15, 0.2) is 6.10 Å². The summed E-state index contributed by atoms with van der Waals surface area (Å²) in [6.07, 6.45) is -2.95. The monoisotopic (exact) mass is 386 g/mol. The van der Waals surface area contributed by atoms with Gasteiger partial charge in [-0.3, -0.25) is 0 Å².